The fourth-order valence-electron chi connectivity index (χ4n) is 2.20. The van der Waals surface area contributed by atoms with E-state index >= 15 is 0 Å². The fraction of sp³-hybridized carbons (Fsp3) is 0.412. The summed E-state index contributed by atoms with van der Waals surface area (Å²) in [7, 11) is 0. The summed E-state index contributed by atoms with van der Waals surface area (Å²) in [4.78, 5) is 8.57. The first-order chi connectivity index (χ1) is 10.8. The van der Waals surface area contributed by atoms with E-state index in [1.165, 1.54) is 0 Å². The second-order valence-corrected chi connectivity index (χ2v) is 5.32. The third kappa shape index (κ3) is 6.76. The summed E-state index contributed by atoms with van der Waals surface area (Å²) in [5, 5.41) is 6.77. The predicted octanol–water partition coefficient (Wildman–Crippen LogP) is 1.12. The zero-order valence-electron chi connectivity index (χ0n) is 12.9. The lowest BCUT2D eigenvalue weighted by Gasteiger charge is -2.12. The monoisotopic (exact) mass is 299 g/mol. The molecule has 22 heavy (non-hydrogen) atoms. The van der Waals surface area contributed by atoms with Crippen LogP contribution >= 0.6 is 0 Å². The molecule has 0 aromatic carbocycles. The first-order valence-electron chi connectivity index (χ1n) is 7.81. The second kappa shape index (κ2) is 10.00. The van der Waals surface area contributed by atoms with Gasteiger partial charge in [0.25, 0.3) is 0 Å². The van der Waals surface area contributed by atoms with E-state index in [1.54, 1.807) is 0 Å². The summed E-state index contributed by atoms with van der Waals surface area (Å²) in [5.74, 6) is 0. The first kappa shape index (κ1) is 16.5. The minimum atomic E-state index is 0.156. The van der Waals surface area contributed by atoms with Gasteiger partial charge in [-0.1, -0.05) is 12.1 Å². The van der Waals surface area contributed by atoms with E-state index in [4.69, 9.17) is 5.73 Å². The van der Waals surface area contributed by atoms with E-state index in [0.29, 0.717) is 0 Å². The van der Waals surface area contributed by atoms with Crippen molar-refractivity contribution in [3.63, 3.8) is 0 Å². The maximum absolute atomic E-state index is 6.12. The van der Waals surface area contributed by atoms with Gasteiger partial charge >= 0.3 is 0 Å². The zero-order chi connectivity index (χ0) is 15.5. The van der Waals surface area contributed by atoms with E-state index < -0.39 is 0 Å². The van der Waals surface area contributed by atoms with Crippen molar-refractivity contribution >= 4 is 0 Å². The van der Waals surface area contributed by atoms with Crippen molar-refractivity contribution in [2.45, 2.75) is 25.4 Å². The minimum absolute atomic E-state index is 0.156. The summed E-state index contributed by atoms with van der Waals surface area (Å²) in [5.41, 5.74) is 8.25. The predicted molar refractivity (Wildman–Crippen MR) is 89.3 cm³/mol. The molecular formula is C17H25N5. The largest absolute Gasteiger partial charge is 0.327 e. The second-order valence-electron chi connectivity index (χ2n) is 5.32. The Balaban J connectivity index is 1.47. The zero-order valence-corrected chi connectivity index (χ0v) is 12.9. The normalized spacial score (nSPS) is 12.2. The summed E-state index contributed by atoms with van der Waals surface area (Å²) in [6, 6.07) is 12.1. The van der Waals surface area contributed by atoms with Crippen molar-refractivity contribution in [3.8, 4) is 0 Å². The van der Waals surface area contributed by atoms with Gasteiger partial charge < -0.3 is 16.4 Å². The molecule has 0 amide bonds. The lowest BCUT2D eigenvalue weighted by molar-refractivity contribution is 0.540. The van der Waals surface area contributed by atoms with E-state index in [9.17, 15) is 0 Å². The number of hydrogen-bond acceptors (Lipinski definition) is 5. The molecule has 0 bridgehead atoms. The number of hydrogen-bond donors (Lipinski definition) is 3. The molecular weight excluding hydrogens is 274 g/mol. The maximum atomic E-state index is 6.12. The molecule has 0 fully saturated rings. The Kier molecular flexibility index (Phi) is 7.52. The molecule has 2 aromatic heterocycles. The molecule has 1 unspecified atom stereocenters. The molecule has 0 aliphatic carbocycles. The molecule has 2 aromatic rings. The molecule has 0 aliphatic rings. The van der Waals surface area contributed by atoms with Crippen LogP contribution in [0.15, 0.2) is 48.8 Å². The Bertz CT molecular complexity index is 503. The van der Waals surface area contributed by atoms with Crippen molar-refractivity contribution in [2.24, 2.45) is 5.73 Å². The molecule has 0 spiro atoms. The van der Waals surface area contributed by atoms with Gasteiger partial charge in [0.1, 0.15) is 0 Å². The number of nitrogens with one attached hydrogen (secondary N) is 2. The molecule has 2 heterocycles. The average molecular weight is 299 g/mol. The van der Waals surface area contributed by atoms with Gasteiger partial charge in [0.15, 0.2) is 0 Å². The smallest absolute Gasteiger partial charge is 0.0541 e. The molecule has 1 atom stereocenters. The van der Waals surface area contributed by atoms with E-state index in [-0.39, 0.29) is 6.04 Å². The van der Waals surface area contributed by atoms with Crippen molar-refractivity contribution in [3.05, 3.63) is 60.2 Å². The van der Waals surface area contributed by atoms with Crippen LogP contribution in [-0.4, -0.2) is 35.6 Å². The van der Waals surface area contributed by atoms with Gasteiger partial charge in [0.2, 0.25) is 0 Å². The SMILES string of the molecule is NC(CCNCCNCc1ccccn1)Cc1ccccn1. The van der Waals surface area contributed by atoms with Crippen LogP contribution in [-0.2, 0) is 13.0 Å². The summed E-state index contributed by atoms with van der Waals surface area (Å²) in [6.07, 6.45) is 5.42. The molecule has 5 nitrogen and oxygen atoms in total. The molecule has 0 aliphatic heterocycles. The highest BCUT2D eigenvalue weighted by atomic mass is 14.9. The van der Waals surface area contributed by atoms with Crippen LogP contribution < -0.4 is 16.4 Å². The third-order valence-electron chi connectivity index (χ3n) is 3.40. The molecule has 0 saturated carbocycles. The molecule has 4 N–H and O–H groups in total. The summed E-state index contributed by atoms with van der Waals surface area (Å²) in [6.45, 7) is 3.59. The van der Waals surface area contributed by atoms with Crippen molar-refractivity contribution < 1.29 is 0 Å². The molecule has 0 radical (unpaired) electrons. The lowest BCUT2D eigenvalue weighted by Crippen LogP contribution is -2.32. The Labute approximate surface area is 132 Å². The molecule has 2 rings (SSSR count). The third-order valence-corrected chi connectivity index (χ3v) is 3.40. The Morgan fingerprint density at radius 3 is 2.23 bits per heavy atom. The molecule has 5 heteroatoms. The van der Waals surface area contributed by atoms with Crippen LogP contribution in [0, 0.1) is 0 Å². The first-order valence-corrected chi connectivity index (χ1v) is 7.81. The Morgan fingerprint density at radius 1 is 0.864 bits per heavy atom. The highest BCUT2D eigenvalue weighted by Gasteiger charge is 2.04. The van der Waals surface area contributed by atoms with Crippen LogP contribution in [0.25, 0.3) is 0 Å². The van der Waals surface area contributed by atoms with Gasteiger partial charge in [-0.3, -0.25) is 9.97 Å². The summed E-state index contributed by atoms with van der Waals surface area (Å²) < 4.78 is 0. The standard InChI is InChI=1S/C17H25N5/c18-15(13-16-5-1-3-8-21-16)7-10-19-11-12-20-14-17-6-2-4-9-22-17/h1-6,8-9,15,19-20H,7,10-14,18H2. The van der Waals surface area contributed by atoms with Gasteiger partial charge in [-0.25, -0.2) is 0 Å². The molecule has 118 valence electrons. The van der Waals surface area contributed by atoms with Gasteiger partial charge in [-0.15, -0.1) is 0 Å². The van der Waals surface area contributed by atoms with E-state index in [0.717, 1.165) is 50.4 Å². The highest BCUT2D eigenvalue weighted by molar-refractivity contribution is 5.05. The van der Waals surface area contributed by atoms with Gasteiger partial charge in [0, 0.05) is 50.2 Å². The fourth-order valence-corrected chi connectivity index (χ4v) is 2.20. The van der Waals surface area contributed by atoms with E-state index in [1.807, 2.05) is 48.8 Å². The topological polar surface area (TPSA) is 75.9 Å². The Hall–Kier alpha value is -1.82. The lowest BCUT2D eigenvalue weighted by atomic mass is 10.1. The van der Waals surface area contributed by atoms with Crippen LogP contribution in [0.1, 0.15) is 17.8 Å². The number of rotatable bonds is 10. The van der Waals surface area contributed by atoms with Gasteiger partial charge in [-0.05, 0) is 37.2 Å². The summed E-state index contributed by atoms with van der Waals surface area (Å²) >= 11 is 0. The van der Waals surface area contributed by atoms with Crippen LogP contribution in [0.3, 0.4) is 0 Å². The van der Waals surface area contributed by atoms with Crippen LogP contribution in [0.4, 0.5) is 0 Å². The highest BCUT2D eigenvalue weighted by Crippen LogP contribution is 1.99. The number of pyridine rings is 2. The van der Waals surface area contributed by atoms with Crippen LogP contribution in [0.5, 0.6) is 0 Å². The number of nitrogens with two attached hydrogens (primary N) is 1. The van der Waals surface area contributed by atoms with Crippen molar-refractivity contribution in [1.29, 1.82) is 0 Å². The van der Waals surface area contributed by atoms with Crippen molar-refractivity contribution in [2.75, 3.05) is 19.6 Å². The maximum Gasteiger partial charge on any atom is 0.0541 e. The Morgan fingerprint density at radius 2 is 1.55 bits per heavy atom. The quantitative estimate of drug-likeness (QED) is 0.573. The number of nitrogens with zero attached hydrogens (tertiary/aromatic N) is 2. The van der Waals surface area contributed by atoms with Crippen molar-refractivity contribution in [1.82, 2.24) is 20.6 Å². The van der Waals surface area contributed by atoms with Gasteiger partial charge in [-0.2, -0.15) is 0 Å². The minimum Gasteiger partial charge on any atom is -0.327 e. The van der Waals surface area contributed by atoms with Crippen LogP contribution in [0.2, 0.25) is 0 Å². The number of aromatic nitrogens is 2. The molecule has 0 saturated heterocycles. The average Bonchev–Trinajstić information content (AvgIpc) is 2.56. The van der Waals surface area contributed by atoms with Gasteiger partial charge in [0.05, 0.1) is 5.69 Å². The van der Waals surface area contributed by atoms with E-state index in [2.05, 4.69) is 20.6 Å².